The number of hydrogen-bond donors (Lipinski definition) is 0. The molecule has 6 heteroatoms. The molecule has 0 unspecified atom stereocenters. The molecule has 0 bridgehead atoms. The van der Waals surface area contributed by atoms with Crippen LogP contribution < -0.4 is 4.74 Å². The standard InChI is InChI=1S/C21H14BrNO4/c22-17-8-2-1-6-15(17)13-26-16-7-3-5-14(11-16)12-18-21(24)27-20(23-18)19-9-4-10-25-19/h1-12H,13H2/b18-12-. The Balaban J connectivity index is 1.51. The molecule has 5 nitrogen and oxygen atoms in total. The van der Waals surface area contributed by atoms with Crippen molar-refractivity contribution >= 4 is 33.9 Å². The van der Waals surface area contributed by atoms with Gasteiger partial charge < -0.3 is 13.9 Å². The first-order valence-electron chi connectivity index (χ1n) is 8.22. The van der Waals surface area contributed by atoms with E-state index in [-0.39, 0.29) is 11.6 Å². The maximum absolute atomic E-state index is 12.0. The molecule has 0 N–H and O–H groups in total. The van der Waals surface area contributed by atoms with Crippen molar-refractivity contribution in [1.82, 2.24) is 0 Å². The lowest BCUT2D eigenvalue weighted by molar-refractivity contribution is -0.130. The number of carbonyl (C=O) groups excluding carboxylic acids is 1. The molecule has 1 aliphatic heterocycles. The van der Waals surface area contributed by atoms with Gasteiger partial charge in [-0.2, -0.15) is 0 Å². The Morgan fingerprint density at radius 3 is 2.78 bits per heavy atom. The first-order chi connectivity index (χ1) is 13.2. The number of rotatable bonds is 5. The zero-order valence-electron chi connectivity index (χ0n) is 14.1. The second kappa shape index (κ2) is 7.63. The minimum absolute atomic E-state index is 0.164. The van der Waals surface area contributed by atoms with Crippen molar-refractivity contribution in [1.29, 1.82) is 0 Å². The monoisotopic (exact) mass is 423 g/mol. The number of esters is 1. The summed E-state index contributed by atoms with van der Waals surface area (Å²) in [5.74, 6) is 0.762. The summed E-state index contributed by atoms with van der Waals surface area (Å²) in [5, 5.41) is 0. The van der Waals surface area contributed by atoms with Crippen molar-refractivity contribution in [3.8, 4) is 5.75 Å². The van der Waals surface area contributed by atoms with Crippen molar-refractivity contribution in [3.05, 3.63) is 94.0 Å². The highest BCUT2D eigenvalue weighted by atomic mass is 79.9. The van der Waals surface area contributed by atoms with Gasteiger partial charge in [0, 0.05) is 10.0 Å². The van der Waals surface area contributed by atoms with E-state index in [1.54, 1.807) is 18.2 Å². The Bertz CT molecular complexity index is 1040. The number of halogens is 1. The van der Waals surface area contributed by atoms with E-state index in [0.29, 0.717) is 18.1 Å². The molecule has 27 heavy (non-hydrogen) atoms. The predicted molar refractivity (Wildman–Crippen MR) is 104 cm³/mol. The lowest BCUT2D eigenvalue weighted by atomic mass is 10.2. The third-order valence-electron chi connectivity index (χ3n) is 3.87. The number of aliphatic imine (C=N–C) groups is 1. The van der Waals surface area contributed by atoms with Crippen molar-refractivity contribution in [2.24, 2.45) is 4.99 Å². The average Bonchev–Trinajstić information content (AvgIpc) is 3.32. The fraction of sp³-hybridized carbons (Fsp3) is 0.0476. The summed E-state index contributed by atoms with van der Waals surface area (Å²) in [6.07, 6.45) is 3.16. The summed E-state index contributed by atoms with van der Waals surface area (Å²) in [6, 6.07) is 18.7. The predicted octanol–water partition coefficient (Wildman–Crippen LogP) is 4.97. The molecule has 2 aromatic carbocycles. The second-order valence-electron chi connectivity index (χ2n) is 5.77. The van der Waals surface area contributed by atoms with Crippen LogP contribution in [0, 0.1) is 0 Å². The molecule has 0 atom stereocenters. The van der Waals surface area contributed by atoms with Crippen LogP contribution in [0.4, 0.5) is 0 Å². The highest BCUT2D eigenvalue weighted by molar-refractivity contribution is 9.10. The Hall–Kier alpha value is -3.12. The summed E-state index contributed by atoms with van der Waals surface area (Å²) in [5.41, 5.74) is 2.05. The van der Waals surface area contributed by atoms with Crippen LogP contribution in [0.1, 0.15) is 16.9 Å². The van der Waals surface area contributed by atoms with E-state index < -0.39 is 5.97 Å². The lowest BCUT2D eigenvalue weighted by Crippen LogP contribution is -2.04. The minimum atomic E-state index is -0.513. The number of carbonyl (C=O) groups is 1. The van der Waals surface area contributed by atoms with Crippen molar-refractivity contribution in [2.45, 2.75) is 6.61 Å². The molecule has 0 saturated carbocycles. The van der Waals surface area contributed by atoms with Gasteiger partial charge in [-0.15, -0.1) is 0 Å². The zero-order chi connectivity index (χ0) is 18.6. The molecular weight excluding hydrogens is 410 g/mol. The van der Waals surface area contributed by atoms with E-state index in [1.165, 1.54) is 6.26 Å². The quantitative estimate of drug-likeness (QED) is 0.429. The van der Waals surface area contributed by atoms with Gasteiger partial charge in [-0.05, 0) is 42.0 Å². The van der Waals surface area contributed by atoms with E-state index in [1.807, 2.05) is 48.5 Å². The van der Waals surface area contributed by atoms with E-state index >= 15 is 0 Å². The molecule has 3 aromatic rings. The van der Waals surface area contributed by atoms with Crippen LogP contribution in [0.25, 0.3) is 6.08 Å². The Labute approximate surface area is 164 Å². The van der Waals surface area contributed by atoms with Gasteiger partial charge in [-0.25, -0.2) is 9.79 Å². The van der Waals surface area contributed by atoms with Crippen molar-refractivity contribution in [2.75, 3.05) is 0 Å². The summed E-state index contributed by atoms with van der Waals surface area (Å²) in [6.45, 7) is 0.435. The maximum Gasteiger partial charge on any atom is 0.363 e. The number of cyclic esters (lactones) is 1. The molecule has 0 spiro atoms. The van der Waals surface area contributed by atoms with Crippen LogP contribution >= 0.6 is 15.9 Å². The molecule has 0 aliphatic carbocycles. The topological polar surface area (TPSA) is 61.0 Å². The third kappa shape index (κ3) is 4.01. The number of hydrogen-bond acceptors (Lipinski definition) is 5. The fourth-order valence-corrected chi connectivity index (χ4v) is 2.94. The van der Waals surface area contributed by atoms with Gasteiger partial charge in [0.25, 0.3) is 5.90 Å². The molecule has 2 heterocycles. The van der Waals surface area contributed by atoms with Gasteiger partial charge in [0.15, 0.2) is 11.5 Å². The summed E-state index contributed by atoms with van der Waals surface area (Å²) >= 11 is 3.51. The summed E-state index contributed by atoms with van der Waals surface area (Å²) in [7, 11) is 0. The van der Waals surface area contributed by atoms with Gasteiger partial charge >= 0.3 is 5.97 Å². The first-order valence-corrected chi connectivity index (χ1v) is 9.01. The molecule has 134 valence electrons. The number of nitrogens with zero attached hydrogens (tertiary/aromatic N) is 1. The van der Waals surface area contributed by atoms with Crippen LogP contribution in [-0.4, -0.2) is 11.9 Å². The summed E-state index contributed by atoms with van der Waals surface area (Å²) < 4.78 is 17.2. The maximum atomic E-state index is 12.0. The van der Waals surface area contributed by atoms with E-state index in [2.05, 4.69) is 20.9 Å². The highest BCUT2D eigenvalue weighted by Crippen LogP contribution is 2.23. The van der Waals surface area contributed by atoms with Gasteiger partial charge in [-0.3, -0.25) is 0 Å². The van der Waals surface area contributed by atoms with E-state index in [4.69, 9.17) is 13.9 Å². The fourth-order valence-electron chi connectivity index (χ4n) is 2.54. The van der Waals surface area contributed by atoms with Crippen LogP contribution in [-0.2, 0) is 16.1 Å². The van der Waals surface area contributed by atoms with Crippen LogP contribution in [0.2, 0.25) is 0 Å². The Morgan fingerprint density at radius 2 is 1.96 bits per heavy atom. The molecule has 0 amide bonds. The molecular formula is C21H14BrNO4. The normalized spacial score (nSPS) is 14.9. The SMILES string of the molecule is O=C1OC(c2ccco2)=N/C1=C\c1cccc(OCc2ccccc2Br)c1. The van der Waals surface area contributed by atoms with Gasteiger partial charge in [-0.1, -0.05) is 46.3 Å². The van der Waals surface area contributed by atoms with Crippen LogP contribution in [0.5, 0.6) is 5.75 Å². The minimum Gasteiger partial charge on any atom is -0.489 e. The van der Waals surface area contributed by atoms with Gasteiger partial charge in [0.2, 0.25) is 0 Å². The second-order valence-corrected chi connectivity index (χ2v) is 6.62. The molecule has 4 rings (SSSR count). The van der Waals surface area contributed by atoms with Crippen LogP contribution in [0.3, 0.4) is 0 Å². The van der Waals surface area contributed by atoms with Crippen molar-refractivity contribution in [3.63, 3.8) is 0 Å². The first kappa shape index (κ1) is 17.3. The van der Waals surface area contributed by atoms with E-state index in [9.17, 15) is 4.79 Å². The average molecular weight is 424 g/mol. The smallest absolute Gasteiger partial charge is 0.363 e. The Kier molecular flexibility index (Phi) is 4.89. The number of ether oxygens (including phenoxy) is 2. The summed E-state index contributed by atoms with van der Waals surface area (Å²) in [4.78, 5) is 16.2. The lowest BCUT2D eigenvalue weighted by Gasteiger charge is -2.08. The molecule has 1 aromatic heterocycles. The number of benzene rings is 2. The number of furan rings is 1. The molecule has 0 radical (unpaired) electrons. The van der Waals surface area contributed by atoms with Crippen molar-refractivity contribution < 1.29 is 18.7 Å². The molecule has 0 fully saturated rings. The highest BCUT2D eigenvalue weighted by Gasteiger charge is 2.25. The zero-order valence-corrected chi connectivity index (χ0v) is 15.7. The Morgan fingerprint density at radius 1 is 1.07 bits per heavy atom. The third-order valence-corrected chi connectivity index (χ3v) is 4.64. The van der Waals surface area contributed by atoms with Gasteiger partial charge in [0.05, 0.1) is 6.26 Å². The van der Waals surface area contributed by atoms with E-state index in [0.717, 1.165) is 15.6 Å². The van der Waals surface area contributed by atoms with Crippen LogP contribution in [0.15, 0.2) is 86.5 Å². The largest absolute Gasteiger partial charge is 0.489 e. The molecule has 0 saturated heterocycles. The molecule has 1 aliphatic rings. The van der Waals surface area contributed by atoms with Gasteiger partial charge in [0.1, 0.15) is 12.4 Å².